The lowest BCUT2D eigenvalue weighted by Crippen LogP contribution is -2.53. The Balaban J connectivity index is 2.52. The molecule has 198 valence electrons. The molecule has 10 heteroatoms. The number of carbonyl (C=O) groups excluding carboxylic acids is 2. The molecule has 0 heterocycles. The molecular formula is C26H35Cl2N3O4S. The lowest BCUT2D eigenvalue weighted by Gasteiger charge is -2.33. The van der Waals surface area contributed by atoms with Gasteiger partial charge in [0, 0.05) is 28.2 Å². The highest BCUT2D eigenvalue weighted by Gasteiger charge is 2.33. The molecule has 0 spiro atoms. The van der Waals surface area contributed by atoms with Crippen molar-refractivity contribution in [1.82, 2.24) is 10.2 Å². The minimum absolute atomic E-state index is 0.0473. The number of carbonyl (C=O) groups is 2. The van der Waals surface area contributed by atoms with E-state index in [9.17, 15) is 18.0 Å². The molecule has 0 aliphatic carbocycles. The highest BCUT2D eigenvalue weighted by Crippen LogP contribution is 2.28. The normalized spacial score (nSPS) is 13.1. The summed E-state index contributed by atoms with van der Waals surface area (Å²) in [4.78, 5) is 28.3. The van der Waals surface area contributed by atoms with Crippen molar-refractivity contribution in [3.05, 3.63) is 63.1 Å². The Labute approximate surface area is 224 Å². The number of anilines is 1. The van der Waals surface area contributed by atoms with Crippen LogP contribution in [0.2, 0.25) is 10.0 Å². The van der Waals surface area contributed by atoms with Crippen molar-refractivity contribution < 1.29 is 18.0 Å². The molecule has 2 rings (SSSR count). The first-order chi connectivity index (χ1) is 16.8. The van der Waals surface area contributed by atoms with Crippen LogP contribution in [0.4, 0.5) is 5.69 Å². The first kappa shape index (κ1) is 29.9. The van der Waals surface area contributed by atoms with Gasteiger partial charge in [-0.15, -0.1) is 0 Å². The maximum absolute atomic E-state index is 13.8. The van der Waals surface area contributed by atoms with Crippen LogP contribution >= 0.6 is 23.2 Å². The van der Waals surface area contributed by atoms with Crippen LogP contribution in [-0.2, 0) is 26.2 Å². The second-order valence-corrected chi connectivity index (χ2v) is 11.7. The quantitative estimate of drug-likeness (QED) is 0.418. The van der Waals surface area contributed by atoms with Crippen molar-refractivity contribution in [2.24, 2.45) is 0 Å². The summed E-state index contributed by atoms with van der Waals surface area (Å²) in [6, 6.07) is 9.27. The molecule has 0 aliphatic rings. The SMILES string of the molecule is CC[C@@H](C)NC(=O)[C@@H](CC)N(Cc1c(Cl)cccc1Cl)C(=O)CN(c1ccc(C)c(C)c1)S(C)(=O)=O. The third-order valence-electron chi connectivity index (χ3n) is 6.23. The molecule has 1 N–H and O–H groups in total. The molecule has 2 atom stereocenters. The van der Waals surface area contributed by atoms with Gasteiger partial charge in [0.1, 0.15) is 12.6 Å². The molecule has 0 saturated heterocycles. The molecule has 0 bridgehead atoms. The maximum Gasteiger partial charge on any atom is 0.244 e. The minimum atomic E-state index is -3.81. The maximum atomic E-state index is 13.8. The van der Waals surface area contributed by atoms with Crippen LogP contribution in [0.25, 0.3) is 0 Å². The Morgan fingerprint density at radius 2 is 1.61 bits per heavy atom. The van der Waals surface area contributed by atoms with Crippen molar-refractivity contribution >= 4 is 50.7 Å². The second-order valence-electron chi connectivity index (χ2n) is 9.00. The zero-order valence-corrected chi connectivity index (χ0v) is 24.0. The van der Waals surface area contributed by atoms with Crippen molar-refractivity contribution in [2.45, 2.75) is 66.1 Å². The first-order valence-electron chi connectivity index (χ1n) is 11.9. The summed E-state index contributed by atoms with van der Waals surface area (Å²) in [6.45, 7) is 8.90. The number of hydrogen-bond donors (Lipinski definition) is 1. The summed E-state index contributed by atoms with van der Waals surface area (Å²) in [5.74, 6) is -0.860. The third-order valence-corrected chi connectivity index (χ3v) is 8.08. The predicted octanol–water partition coefficient (Wildman–Crippen LogP) is 5.10. The smallest absolute Gasteiger partial charge is 0.244 e. The summed E-state index contributed by atoms with van der Waals surface area (Å²) in [5.41, 5.74) is 2.76. The van der Waals surface area contributed by atoms with E-state index in [1.807, 2.05) is 33.8 Å². The number of benzene rings is 2. The predicted molar refractivity (Wildman–Crippen MR) is 147 cm³/mol. The van der Waals surface area contributed by atoms with E-state index in [1.165, 1.54) is 4.90 Å². The van der Waals surface area contributed by atoms with Crippen molar-refractivity contribution in [1.29, 1.82) is 0 Å². The number of nitrogens with zero attached hydrogens (tertiary/aromatic N) is 2. The molecule has 2 aromatic rings. The molecule has 0 radical (unpaired) electrons. The van der Waals surface area contributed by atoms with Gasteiger partial charge in [0.05, 0.1) is 11.9 Å². The molecule has 0 unspecified atom stereocenters. The Hall–Kier alpha value is -2.29. The van der Waals surface area contributed by atoms with Crippen LogP contribution < -0.4 is 9.62 Å². The van der Waals surface area contributed by atoms with Gasteiger partial charge in [-0.25, -0.2) is 8.42 Å². The Morgan fingerprint density at radius 1 is 1.00 bits per heavy atom. The van der Waals surface area contributed by atoms with Crippen molar-refractivity contribution in [3.8, 4) is 0 Å². The number of rotatable bonds is 11. The summed E-state index contributed by atoms with van der Waals surface area (Å²) in [5, 5.41) is 3.64. The minimum Gasteiger partial charge on any atom is -0.352 e. The molecule has 7 nitrogen and oxygen atoms in total. The van der Waals surface area contributed by atoms with Crippen molar-refractivity contribution in [2.75, 3.05) is 17.1 Å². The lowest BCUT2D eigenvalue weighted by molar-refractivity contribution is -0.140. The summed E-state index contributed by atoms with van der Waals surface area (Å²) in [7, 11) is -3.81. The Kier molecular flexibility index (Phi) is 10.6. The average molecular weight is 557 g/mol. The van der Waals surface area contributed by atoms with Crippen LogP contribution in [0.1, 0.15) is 50.3 Å². The lowest BCUT2D eigenvalue weighted by atomic mass is 10.1. The summed E-state index contributed by atoms with van der Waals surface area (Å²) >= 11 is 12.8. The van der Waals surface area contributed by atoms with Crippen LogP contribution in [-0.4, -0.2) is 50.0 Å². The van der Waals surface area contributed by atoms with Gasteiger partial charge in [-0.05, 0) is 69.0 Å². The molecule has 0 aliphatic heterocycles. The van der Waals surface area contributed by atoms with Gasteiger partial charge in [0.25, 0.3) is 0 Å². The van der Waals surface area contributed by atoms with E-state index in [0.717, 1.165) is 28.1 Å². The zero-order valence-electron chi connectivity index (χ0n) is 21.6. The largest absolute Gasteiger partial charge is 0.352 e. The Morgan fingerprint density at radius 3 is 2.11 bits per heavy atom. The highest BCUT2D eigenvalue weighted by molar-refractivity contribution is 7.92. The molecule has 2 amide bonds. The van der Waals surface area contributed by atoms with Crippen LogP contribution in [0, 0.1) is 13.8 Å². The van der Waals surface area contributed by atoms with Crippen LogP contribution in [0.5, 0.6) is 0 Å². The van der Waals surface area contributed by atoms with Gasteiger partial charge >= 0.3 is 0 Å². The molecule has 0 saturated carbocycles. The molecule has 2 aromatic carbocycles. The number of nitrogens with one attached hydrogen (secondary N) is 1. The van der Waals surface area contributed by atoms with Gasteiger partial charge in [-0.3, -0.25) is 13.9 Å². The number of amides is 2. The topological polar surface area (TPSA) is 86.8 Å². The van der Waals surface area contributed by atoms with Gasteiger partial charge in [-0.2, -0.15) is 0 Å². The highest BCUT2D eigenvalue weighted by atomic mass is 35.5. The fourth-order valence-electron chi connectivity index (χ4n) is 3.71. The first-order valence-corrected chi connectivity index (χ1v) is 14.5. The molecule has 36 heavy (non-hydrogen) atoms. The second kappa shape index (κ2) is 12.8. The van der Waals surface area contributed by atoms with Crippen LogP contribution in [0.3, 0.4) is 0 Å². The van der Waals surface area contributed by atoms with E-state index >= 15 is 0 Å². The number of halogens is 2. The molecular weight excluding hydrogens is 521 g/mol. The van der Waals surface area contributed by atoms with Crippen LogP contribution in [0.15, 0.2) is 36.4 Å². The van der Waals surface area contributed by atoms with E-state index in [2.05, 4.69) is 5.32 Å². The van der Waals surface area contributed by atoms with E-state index < -0.39 is 28.5 Å². The zero-order chi connectivity index (χ0) is 27.2. The summed E-state index contributed by atoms with van der Waals surface area (Å²) < 4.78 is 26.5. The fraction of sp³-hybridized carbons (Fsp3) is 0.462. The molecule has 0 aromatic heterocycles. The third kappa shape index (κ3) is 7.60. The van der Waals surface area contributed by atoms with E-state index in [0.29, 0.717) is 27.7 Å². The number of aryl methyl sites for hydroxylation is 2. The monoisotopic (exact) mass is 555 g/mol. The standard InChI is InChI=1S/C26H35Cl2N3O4S/c1-7-19(5)29-26(33)24(8-2)30(15-21-22(27)10-9-11-23(21)28)25(32)16-31(36(6,34)35)20-13-12-17(3)18(4)14-20/h9-14,19,24H,7-8,15-16H2,1-6H3,(H,29,33)/t19-,24-/m1/s1. The Bertz CT molecular complexity index is 1180. The van der Waals surface area contributed by atoms with Gasteiger partial charge in [-0.1, -0.05) is 49.2 Å². The summed E-state index contributed by atoms with van der Waals surface area (Å²) in [6.07, 6.45) is 2.09. The van der Waals surface area contributed by atoms with Gasteiger partial charge < -0.3 is 10.2 Å². The number of hydrogen-bond acceptors (Lipinski definition) is 4. The van der Waals surface area contributed by atoms with Crippen molar-refractivity contribution in [3.63, 3.8) is 0 Å². The average Bonchev–Trinajstić information content (AvgIpc) is 2.80. The van der Waals surface area contributed by atoms with Gasteiger partial charge in [0.2, 0.25) is 21.8 Å². The number of sulfonamides is 1. The molecule has 0 fully saturated rings. The fourth-order valence-corrected chi connectivity index (χ4v) is 5.07. The van der Waals surface area contributed by atoms with E-state index in [4.69, 9.17) is 23.2 Å². The van der Waals surface area contributed by atoms with E-state index in [1.54, 1.807) is 37.3 Å². The van der Waals surface area contributed by atoms with Gasteiger partial charge in [0.15, 0.2) is 0 Å². The van der Waals surface area contributed by atoms with E-state index in [-0.39, 0.29) is 18.5 Å².